The number of benzene rings is 1. The van der Waals surface area contributed by atoms with Gasteiger partial charge in [-0.25, -0.2) is 0 Å². The lowest BCUT2D eigenvalue weighted by atomic mass is 10.1. The molecule has 1 aromatic carbocycles. The molecule has 1 aliphatic heterocycles. The topological polar surface area (TPSA) is 41.6 Å². The molecule has 2 heterocycles. The van der Waals surface area contributed by atoms with Crippen molar-refractivity contribution in [1.29, 1.82) is 0 Å². The highest BCUT2D eigenvalue weighted by Gasteiger charge is 2.30. The molecule has 1 aliphatic carbocycles. The van der Waals surface area contributed by atoms with Gasteiger partial charge in [-0.05, 0) is 49.1 Å². The van der Waals surface area contributed by atoms with E-state index < -0.39 is 0 Å². The number of carbonyl (C=O) groups excluding carboxylic acids is 1. The average Bonchev–Trinajstić information content (AvgIpc) is 3.36. The third-order valence-electron chi connectivity index (χ3n) is 5.65. The maximum atomic E-state index is 12.7. The van der Waals surface area contributed by atoms with Gasteiger partial charge in [-0.1, -0.05) is 25.0 Å². The minimum absolute atomic E-state index is 0.0275. The van der Waals surface area contributed by atoms with Crippen LogP contribution in [0.2, 0.25) is 0 Å². The SMILES string of the molecule is COc1ccc(C(C)NC(=O)c2cc3c(s2)CN(C2CCCC2)C3)cc1. The molecule has 2 aromatic rings. The van der Waals surface area contributed by atoms with Gasteiger partial charge < -0.3 is 10.1 Å². The second-order valence-electron chi connectivity index (χ2n) is 7.37. The van der Waals surface area contributed by atoms with E-state index in [0.29, 0.717) is 0 Å². The van der Waals surface area contributed by atoms with Crippen molar-refractivity contribution >= 4 is 17.2 Å². The summed E-state index contributed by atoms with van der Waals surface area (Å²) in [5, 5.41) is 3.12. The molecule has 1 saturated carbocycles. The van der Waals surface area contributed by atoms with Crippen LogP contribution in [0.3, 0.4) is 0 Å². The van der Waals surface area contributed by atoms with Crippen LogP contribution in [0.4, 0.5) is 0 Å². The normalized spacial score (nSPS) is 18.7. The van der Waals surface area contributed by atoms with Crippen molar-refractivity contribution in [1.82, 2.24) is 10.2 Å². The molecule has 0 bridgehead atoms. The molecular formula is C21H26N2O2S. The molecule has 1 aromatic heterocycles. The number of amides is 1. The minimum Gasteiger partial charge on any atom is -0.497 e. The number of hydrogen-bond acceptors (Lipinski definition) is 4. The van der Waals surface area contributed by atoms with E-state index in [9.17, 15) is 4.79 Å². The fraction of sp³-hybridized carbons (Fsp3) is 0.476. The standard InChI is InChI=1S/C21H26N2O2S/c1-14(15-7-9-18(25-2)10-8-15)22-21(24)19-11-16-12-23(13-20(16)26-19)17-5-3-4-6-17/h7-11,14,17H,3-6,12-13H2,1-2H3,(H,22,24). The van der Waals surface area contributed by atoms with Crippen molar-refractivity contribution in [2.45, 2.75) is 57.8 Å². The number of methoxy groups -OCH3 is 1. The van der Waals surface area contributed by atoms with E-state index in [-0.39, 0.29) is 11.9 Å². The summed E-state index contributed by atoms with van der Waals surface area (Å²) in [6.07, 6.45) is 5.40. The Kier molecular flexibility index (Phi) is 5.00. The molecule has 138 valence electrons. The Bertz CT molecular complexity index is 754. The van der Waals surface area contributed by atoms with Gasteiger partial charge in [0.05, 0.1) is 18.0 Å². The highest BCUT2D eigenvalue weighted by molar-refractivity contribution is 7.14. The summed E-state index contributed by atoms with van der Waals surface area (Å²) in [6, 6.07) is 10.7. The van der Waals surface area contributed by atoms with Gasteiger partial charge in [0.1, 0.15) is 5.75 Å². The van der Waals surface area contributed by atoms with Crippen LogP contribution in [-0.2, 0) is 13.1 Å². The Labute approximate surface area is 159 Å². The molecule has 5 heteroatoms. The molecule has 26 heavy (non-hydrogen) atoms. The van der Waals surface area contributed by atoms with Gasteiger partial charge in [0.15, 0.2) is 0 Å². The van der Waals surface area contributed by atoms with Crippen LogP contribution < -0.4 is 10.1 Å². The highest BCUT2D eigenvalue weighted by atomic mass is 32.1. The summed E-state index contributed by atoms with van der Waals surface area (Å²) in [6.45, 7) is 4.05. The van der Waals surface area contributed by atoms with Crippen LogP contribution in [0.5, 0.6) is 5.75 Å². The number of thiophene rings is 1. The van der Waals surface area contributed by atoms with Crippen molar-refractivity contribution in [2.24, 2.45) is 0 Å². The smallest absolute Gasteiger partial charge is 0.261 e. The van der Waals surface area contributed by atoms with Gasteiger partial charge >= 0.3 is 0 Å². The maximum Gasteiger partial charge on any atom is 0.261 e. The summed E-state index contributed by atoms with van der Waals surface area (Å²) in [4.78, 5) is 17.5. The predicted molar refractivity (Wildman–Crippen MR) is 105 cm³/mol. The van der Waals surface area contributed by atoms with Crippen LogP contribution in [0.1, 0.15) is 64.3 Å². The number of ether oxygens (including phenoxy) is 1. The van der Waals surface area contributed by atoms with Crippen LogP contribution >= 0.6 is 11.3 Å². The number of nitrogens with zero attached hydrogens (tertiary/aromatic N) is 1. The summed E-state index contributed by atoms with van der Waals surface area (Å²) in [5.41, 5.74) is 2.43. The summed E-state index contributed by atoms with van der Waals surface area (Å²) in [7, 11) is 1.66. The number of fused-ring (bicyclic) bond motifs is 1. The van der Waals surface area contributed by atoms with Crippen LogP contribution in [-0.4, -0.2) is 24.0 Å². The highest BCUT2D eigenvalue weighted by Crippen LogP contribution is 2.36. The fourth-order valence-corrected chi connectivity index (χ4v) is 5.18. The summed E-state index contributed by atoms with van der Waals surface area (Å²) >= 11 is 1.66. The zero-order valence-electron chi connectivity index (χ0n) is 15.5. The van der Waals surface area contributed by atoms with Crippen LogP contribution in [0.15, 0.2) is 30.3 Å². The molecule has 0 radical (unpaired) electrons. The lowest BCUT2D eigenvalue weighted by molar-refractivity contribution is 0.0944. The van der Waals surface area contributed by atoms with E-state index in [4.69, 9.17) is 4.74 Å². The summed E-state index contributed by atoms with van der Waals surface area (Å²) < 4.78 is 5.19. The first-order chi connectivity index (χ1) is 12.6. The Hall–Kier alpha value is -1.85. The van der Waals surface area contributed by atoms with Crippen molar-refractivity contribution in [3.63, 3.8) is 0 Å². The molecule has 1 N–H and O–H groups in total. The van der Waals surface area contributed by atoms with Gasteiger partial charge in [0.2, 0.25) is 0 Å². The van der Waals surface area contributed by atoms with E-state index in [1.54, 1.807) is 18.4 Å². The Morgan fingerprint density at radius 2 is 1.96 bits per heavy atom. The zero-order chi connectivity index (χ0) is 18.1. The van der Waals surface area contributed by atoms with Crippen LogP contribution in [0, 0.1) is 0 Å². The second-order valence-corrected chi connectivity index (χ2v) is 8.51. The third-order valence-corrected chi connectivity index (χ3v) is 6.81. The first-order valence-electron chi connectivity index (χ1n) is 9.44. The Morgan fingerprint density at radius 1 is 1.23 bits per heavy atom. The summed E-state index contributed by atoms with van der Waals surface area (Å²) in [5.74, 6) is 0.855. The first-order valence-corrected chi connectivity index (χ1v) is 10.3. The van der Waals surface area contributed by atoms with Crippen LogP contribution in [0.25, 0.3) is 0 Å². The minimum atomic E-state index is -0.0275. The van der Waals surface area contributed by atoms with E-state index in [1.807, 2.05) is 31.2 Å². The molecule has 4 nitrogen and oxygen atoms in total. The Morgan fingerprint density at radius 3 is 2.62 bits per heavy atom. The van der Waals surface area contributed by atoms with Crippen molar-refractivity contribution in [3.8, 4) is 5.75 Å². The van der Waals surface area contributed by atoms with E-state index in [1.165, 1.54) is 36.1 Å². The molecular weight excluding hydrogens is 344 g/mol. The first kappa shape index (κ1) is 17.6. The van der Waals surface area contributed by atoms with E-state index in [2.05, 4.69) is 16.3 Å². The van der Waals surface area contributed by atoms with Crippen molar-refractivity contribution < 1.29 is 9.53 Å². The molecule has 4 rings (SSSR count). The average molecular weight is 371 g/mol. The Balaban J connectivity index is 1.38. The van der Waals surface area contributed by atoms with E-state index in [0.717, 1.165) is 35.3 Å². The fourth-order valence-electron chi connectivity index (χ4n) is 4.08. The zero-order valence-corrected chi connectivity index (χ0v) is 16.3. The number of carbonyl (C=O) groups is 1. The third kappa shape index (κ3) is 3.51. The molecule has 1 atom stereocenters. The molecule has 0 spiro atoms. The molecule has 0 saturated heterocycles. The van der Waals surface area contributed by atoms with E-state index >= 15 is 0 Å². The van der Waals surface area contributed by atoms with Crippen molar-refractivity contribution in [3.05, 3.63) is 51.2 Å². The lowest BCUT2D eigenvalue weighted by Crippen LogP contribution is -2.28. The monoisotopic (exact) mass is 370 g/mol. The van der Waals surface area contributed by atoms with Gasteiger partial charge in [0, 0.05) is 24.0 Å². The van der Waals surface area contributed by atoms with Gasteiger partial charge in [0.25, 0.3) is 5.91 Å². The van der Waals surface area contributed by atoms with Crippen molar-refractivity contribution in [2.75, 3.05) is 7.11 Å². The predicted octanol–water partition coefficient (Wildman–Crippen LogP) is 4.51. The second kappa shape index (κ2) is 7.41. The molecule has 1 fully saturated rings. The molecule has 1 unspecified atom stereocenters. The molecule has 2 aliphatic rings. The number of nitrogens with one attached hydrogen (secondary N) is 1. The quantitative estimate of drug-likeness (QED) is 0.842. The van der Waals surface area contributed by atoms with Gasteiger partial charge in [-0.3, -0.25) is 9.69 Å². The lowest BCUT2D eigenvalue weighted by Gasteiger charge is -2.22. The van der Waals surface area contributed by atoms with Gasteiger partial charge in [-0.15, -0.1) is 11.3 Å². The maximum absolute atomic E-state index is 12.7. The number of hydrogen-bond donors (Lipinski definition) is 1. The largest absolute Gasteiger partial charge is 0.497 e. The number of rotatable bonds is 5. The molecule has 1 amide bonds. The van der Waals surface area contributed by atoms with Gasteiger partial charge in [-0.2, -0.15) is 0 Å².